The van der Waals surface area contributed by atoms with Crippen LogP contribution in [0, 0.1) is 5.82 Å². The van der Waals surface area contributed by atoms with Gasteiger partial charge in [-0.3, -0.25) is 14.9 Å². The summed E-state index contributed by atoms with van der Waals surface area (Å²) >= 11 is 3.44. The molecule has 1 aromatic carbocycles. The van der Waals surface area contributed by atoms with Crippen molar-refractivity contribution in [2.24, 2.45) is 0 Å². The molecule has 3 N–H and O–H groups in total. The van der Waals surface area contributed by atoms with Crippen molar-refractivity contribution in [3.8, 4) is 0 Å². The fourth-order valence-electron chi connectivity index (χ4n) is 3.39. The van der Waals surface area contributed by atoms with Gasteiger partial charge in [-0.25, -0.2) is 9.37 Å². The predicted octanol–water partition coefficient (Wildman–Crippen LogP) is 3.25. The second kappa shape index (κ2) is 7.77. The standard InChI is InChI=1S/C21H18BrFN6O2/c22-16-4-1-14(23)6-12(16)9-24-17-8-18(26-15-2-3-15)29-20(27-17)13(10-25-29)5-11-7-19(30)28-21(11)31/h1,4-6,8,10,15,26H,2-3,7,9H2,(H,24,27)(H,28,30,31)/b11-5+. The summed E-state index contributed by atoms with van der Waals surface area (Å²) in [5.41, 5.74) is 2.32. The van der Waals surface area contributed by atoms with Crippen LogP contribution in [-0.4, -0.2) is 32.5 Å². The Balaban J connectivity index is 1.50. The van der Waals surface area contributed by atoms with Gasteiger partial charge in [-0.15, -0.1) is 0 Å². The quantitative estimate of drug-likeness (QED) is 0.366. The van der Waals surface area contributed by atoms with E-state index in [-0.39, 0.29) is 18.1 Å². The van der Waals surface area contributed by atoms with Crippen molar-refractivity contribution in [3.63, 3.8) is 0 Å². The Labute approximate surface area is 185 Å². The lowest BCUT2D eigenvalue weighted by Gasteiger charge is -2.12. The van der Waals surface area contributed by atoms with E-state index in [1.165, 1.54) is 12.1 Å². The third kappa shape index (κ3) is 4.15. The summed E-state index contributed by atoms with van der Waals surface area (Å²) in [6, 6.07) is 6.77. The molecule has 2 aliphatic rings. The van der Waals surface area contributed by atoms with E-state index < -0.39 is 5.91 Å². The van der Waals surface area contributed by atoms with Gasteiger partial charge in [-0.05, 0) is 42.7 Å². The molecule has 0 bridgehead atoms. The second-order valence-electron chi connectivity index (χ2n) is 7.59. The van der Waals surface area contributed by atoms with Crippen LogP contribution in [0.4, 0.5) is 16.0 Å². The normalized spacial score (nSPS) is 17.4. The van der Waals surface area contributed by atoms with E-state index in [0.29, 0.717) is 35.2 Å². The number of hydrogen-bond donors (Lipinski definition) is 3. The van der Waals surface area contributed by atoms with Crippen LogP contribution < -0.4 is 16.0 Å². The molecule has 0 atom stereocenters. The summed E-state index contributed by atoms with van der Waals surface area (Å²) in [6.07, 6.45) is 5.47. The van der Waals surface area contributed by atoms with Crippen LogP contribution in [0.15, 0.2) is 40.5 Å². The van der Waals surface area contributed by atoms with Crippen LogP contribution in [0.5, 0.6) is 0 Å². The third-order valence-corrected chi connectivity index (χ3v) is 5.90. The molecule has 3 aromatic rings. The van der Waals surface area contributed by atoms with Gasteiger partial charge in [-0.1, -0.05) is 15.9 Å². The Hall–Kier alpha value is -3.27. The minimum atomic E-state index is -0.397. The predicted molar refractivity (Wildman–Crippen MR) is 117 cm³/mol. The van der Waals surface area contributed by atoms with Gasteiger partial charge in [-0.2, -0.15) is 9.61 Å². The number of carbonyl (C=O) groups excluding carboxylic acids is 2. The summed E-state index contributed by atoms with van der Waals surface area (Å²) in [7, 11) is 0. The number of anilines is 2. The van der Waals surface area contributed by atoms with Crippen molar-refractivity contribution in [3.05, 3.63) is 57.5 Å². The van der Waals surface area contributed by atoms with Crippen LogP contribution in [0.3, 0.4) is 0 Å². The maximum absolute atomic E-state index is 13.6. The number of imide groups is 1. The zero-order valence-corrected chi connectivity index (χ0v) is 17.9. The van der Waals surface area contributed by atoms with Crippen LogP contribution in [0.1, 0.15) is 30.4 Å². The molecule has 1 aliphatic heterocycles. The van der Waals surface area contributed by atoms with Crippen molar-refractivity contribution in [2.45, 2.75) is 31.8 Å². The Morgan fingerprint density at radius 1 is 1.29 bits per heavy atom. The van der Waals surface area contributed by atoms with Crippen LogP contribution in [0.2, 0.25) is 0 Å². The van der Waals surface area contributed by atoms with Gasteiger partial charge in [0, 0.05) is 34.3 Å². The largest absolute Gasteiger partial charge is 0.367 e. The lowest BCUT2D eigenvalue weighted by Crippen LogP contribution is -2.19. The lowest BCUT2D eigenvalue weighted by atomic mass is 10.1. The monoisotopic (exact) mass is 484 g/mol. The van der Waals surface area contributed by atoms with Gasteiger partial charge >= 0.3 is 0 Å². The minimum Gasteiger partial charge on any atom is -0.367 e. The number of aromatic nitrogens is 3. The average molecular weight is 485 g/mol. The first-order valence-corrected chi connectivity index (χ1v) is 10.6. The molecule has 10 heteroatoms. The van der Waals surface area contributed by atoms with Crippen LogP contribution in [0.25, 0.3) is 11.7 Å². The molecular formula is C21H18BrFN6O2. The smallest absolute Gasteiger partial charge is 0.254 e. The maximum Gasteiger partial charge on any atom is 0.254 e. The van der Waals surface area contributed by atoms with Crippen molar-refractivity contribution in [1.29, 1.82) is 0 Å². The molecule has 1 saturated carbocycles. The van der Waals surface area contributed by atoms with E-state index in [9.17, 15) is 14.0 Å². The highest BCUT2D eigenvalue weighted by atomic mass is 79.9. The number of carbonyl (C=O) groups is 2. The summed E-state index contributed by atoms with van der Waals surface area (Å²) < 4.78 is 16.1. The number of benzene rings is 1. The van der Waals surface area contributed by atoms with Crippen LogP contribution >= 0.6 is 15.9 Å². The molecule has 3 heterocycles. The molecule has 158 valence electrons. The number of fused-ring (bicyclic) bond motifs is 1. The highest BCUT2D eigenvalue weighted by molar-refractivity contribution is 9.10. The van der Waals surface area contributed by atoms with E-state index in [4.69, 9.17) is 0 Å². The zero-order valence-electron chi connectivity index (χ0n) is 16.3. The van der Waals surface area contributed by atoms with Crippen molar-refractivity contribution in [1.82, 2.24) is 19.9 Å². The molecule has 8 nitrogen and oxygen atoms in total. The number of nitrogens with zero attached hydrogens (tertiary/aromatic N) is 3. The second-order valence-corrected chi connectivity index (χ2v) is 8.45. The SMILES string of the molecule is O=C1C/C(=C\c2cnn3c(NC4CC4)cc(NCc4cc(F)ccc4Br)nc23)C(=O)N1. The van der Waals surface area contributed by atoms with E-state index in [0.717, 1.165) is 28.7 Å². The Kier molecular flexibility index (Phi) is 4.93. The molecule has 1 aliphatic carbocycles. The van der Waals surface area contributed by atoms with Gasteiger partial charge < -0.3 is 10.6 Å². The third-order valence-electron chi connectivity index (χ3n) is 5.12. The van der Waals surface area contributed by atoms with E-state index in [2.05, 4.69) is 42.0 Å². The lowest BCUT2D eigenvalue weighted by molar-refractivity contribution is -0.124. The molecular weight excluding hydrogens is 467 g/mol. The first-order valence-electron chi connectivity index (χ1n) is 9.84. The Bertz CT molecular complexity index is 1250. The Morgan fingerprint density at radius 2 is 2.13 bits per heavy atom. The molecule has 2 fully saturated rings. The van der Waals surface area contributed by atoms with Crippen LogP contribution in [-0.2, 0) is 16.1 Å². The molecule has 0 unspecified atom stereocenters. The van der Waals surface area contributed by atoms with Crippen molar-refractivity contribution >= 4 is 51.1 Å². The fourth-order valence-corrected chi connectivity index (χ4v) is 3.77. The highest BCUT2D eigenvalue weighted by Gasteiger charge is 2.25. The van der Waals surface area contributed by atoms with E-state index >= 15 is 0 Å². The maximum atomic E-state index is 13.6. The minimum absolute atomic E-state index is 0.0366. The summed E-state index contributed by atoms with van der Waals surface area (Å²) in [5, 5.41) is 13.4. The number of nitrogens with one attached hydrogen (secondary N) is 3. The topological polar surface area (TPSA) is 100 Å². The number of halogens is 2. The first kappa shape index (κ1) is 19.7. The highest BCUT2D eigenvalue weighted by Crippen LogP contribution is 2.28. The van der Waals surface area contributed by atoms with Gasteiger partial charge in [0.2, 0.25) is 5.91 Å². The summed E-state index contributed by atoms with van der Waals surface area (Å²) in [4.78, 5) is 28.1. The van der Waals surface area contributed by atoms with Gasteiger partial charge in [0.05, 0.1) is 12.6 Å². The molecule has 5 rings (SSSR count). The molecule has 0 spiro atoms. The number of hydrogen-bond acceptors (Lipinski definition) is 6. The zero-order chi connectivity index (χ0) is 21.5. The number of rotatable bonds is 6. The molecule has 31 heavy (non-hydrogen) atoms. The van der Waals surface area contributed by atoms with E-state index in [1.807, 2.05) is 6.07 Å². The van der Waals surface area contributed by atoms with Gasteiger partial charge in [0.1, 0.15) is 17.5 Å². The van der Waals surface area contributed by atoms with Crippen molar-refractivity contribution in [2.75, 3.05) is 10.6 Å². The first-order chi connectivity index (χ1) is 15.0. The summed E-state index contributed by atoms with van der Waals surface area (Å²) in [6.45, 7) is 0.367. The Morgan fingerprint density at radius 3 is 2.87 bits per heavy atom. The average Bonchev–Trinajstić information content (AvgIpc) is 3.37. The fraction of sp³-hybridized carbons (Fsp3) is 0.238. The summed E-state index contributed by atoms with van der Waals surface area (Å²) in [5.74, 6) is 0.322. The molecule has 2 aromatic heterocycles. The molecule has 2 amide bonds. The molecule has 1 saturated heterocycles. The van der Waals surface area contributed by atoms with Crippen molar-refractivity contribution < 1.29 is 14.0 Å². The van der Waals surface area contributed by atoms with Gasteiger partial charge in [0.15, 0.2) is 5.65 Å². The number of amides is 2. The molecule has 0 radical (unpaired) electrons. The van der Waals surface area contributed by atoms with Gasteiger partial charge in [0.25, 0.3) is 5.91 Å². The van der Waals surface area contributed by atoms with E-state index in [1.54, 1.807) is 22.9 Å².